The fraction of sp³-hybridized carbons (Fsp3) is 1.00. The molecule has 0 rings (SSSR count). The molecule has 0 fully saturated rings. The summed E-state index contributed by atoms with van der Waals surface area (Å²) >= 11 is 0. The summed E-state index contributed by atoms with van der Waals surface area (Å²) in [6.07, 6.45) is 24.9. The molecule has 0 bridgehead atoms. The van der Waals surface area contributed by atoms with Crippen molar-refractivity contribution < 1.29 is 15.7 Å². The molecular weight excluding hydrogens is 336 g/mol. The van der Waals surface area contributed by atoms with E-state index in [1.54, 1.807) is 6.92 Å². The predicted octanol–water partition coefficient (Wildman–Crippen LogP) is 7.22. The van der Waals surface area contributed by atoms with Crippen molar-refractivity contribution >= 4 is 0 Å². The lowest BCUT2D eigenvalue weighted by Crippen LogP contribution is -1.83. The summed E-state index contributed by atoms with van der Waals surface area (Å²) in [5, 5.41) is 16.0. The van der Waals surface area contributed by atoms with Crippen molar-refractivity contribution in [3.63, 3.8) is 0 Å². The molecule has 0 heterocycles. The van der Waals surface area contributed by atoms with Gasteiger partial charge in [0.15, 0.2) is 0 Å². The van der Waals surface area contributed by atoms with Crippen molar-refractivity contribution in [3.05, 3.63) is 0 Å². The Balaban J connectivity index is -0.000000169. The van der Waals surface area contributed by atoms with Gasteiger partial charge in [-0.2, -0.15) is 0 Å². The van der Waals surface area contributed by atoms with Crippen LogP contribution in [-0.4, -0.2) is 28.9 Å². The lowest BCUT2D eigenvalue weighted by Gasteiger charge is -2.00. The highest BCUT2D eigenvalue weighted by molar-refractivity contribution is 4.46. The number of hydrogen-bond donors (Lipinski definition) is 2. The zero-order chi connectivity index (χ0) is 20.1. The number of aliphatic hydroxyl groups is 2. The molecule has 170 valence electrons. The summed E-state index contributed by atoms with van der Waals surface area (Å²) in [7, 11) is 0. The van der Waals surface area contributed by atoms with Gasteiger partial charge in [-0.05, 0) is 13.3 Å². The van der Waals surface area contributed by atoms with E-state index in [0.29, 0.717) is 6.61 Å². The molecule has 0 saturated carbocycles. The highest BCUT2D eigenvalue weighted by Crippen LogP contribution is 2.10. The van der Waals surface area contributed by atoms with Gasteiger partial charge in [0.25, 0.3) is 0 Å². The average Bonchev–Trinajstić information content (AvgIpc) is 2.65. The van der Waals surface area contributed by atoms with Crippen LogP contribution in [0.15, 0.2) is 0 Å². The van der Waals surface area contributed by atoms with Gasteiger partial charge in [-0.3, -0.25) is 0 Å². The molecule has 3 heteroatoms. The van der Waals surface area contributed by atoms with Gasteiger partial charge in [0.1, 0.15) is 0 Å². The minimum absolute atomic E-state index is 0. The lowest BCUT2D eigenvalue weighted by molar-refractivity contribution is 0.282. The average molecular weight is 393 g/mol. The molecule has 0 aromatic carbocycles. The van der Waals surface area contributed by atoms with Gasteiger partial charge in [0.05, 0.1) is 0 Å². The third kappa shape index (κ3) is 51.8. The molecule has 0 saturated heterocycles. The van der Waals surface area contributed by atoms with Gasteiger partial charge in [-0.1, -0.05) is 130 Å². The normalized spacial score (nSPS) is 9.56. The van der Waals surface area contributed by atoms with Crippen molar-refractivity contribution in [2.24, 2.45) is 0 Å². The molecule has 0 aliphatic carbocycles. The molecular formula is C24H56O3. The third-order valence-corrected chi connectivity index (χ3v) is 4.47. The molecule has 0 aromatic heterocycles. The Hall–Kier alpha value is -0.120. The minimum atomic E-state index is 0. The number of unbranched alkanes of at least 4 members (excludes halogenated alkanes) is 16. The first-order chi connectivity index (χ1) is 12.7. The zero-order valence-corrected chi connectivity index (χ0v) is 19.5. The first-order valence-corrected chi connectivity index (χ1v) is 12.0. The topological polar surface area (TPSA) is 72.0 Å². The van der Waals surface area contributed by atoms with Crippen LogP contribution < -0.4 is 0 Å². The predicted molar refractivity (Wildman–Crippen MR) is 124 cm³/mol. The first-order valence-electron chi connectivity index (χ1n) is 12.0. The van der Waals surface area contributed by atoms with E-state index in [4.69, 9.17) is 10.2 Å². The van der Waals surface area contributed by atoms with Gasteiger partial charge >= 0.3 is 0 Å². The Morgan fingerprint density at radius 1 is 0.370 bits per heavy atom. The summed E-state index contributed by atoms with van der Waals surface area (Å²) in [5.41, 5.74) is 0. The van der Waals surface area contributed by atoms with Crippen molar-refractivity contribution in [1.82, 2.24) is 0 Å². The van der Waals surface area contributed by atoms with Gasteiger partial charge in [0, 0.05) is 13.2 Å². The van der Waals surface area contributed by atoms with Crippen molar-refractivity contribution in [3.8, 4) is 0 Å². The van der Waals surface area contributed by atoms with E-state index in [-0.39, 0.29) is 12.1 Å². The number of rotatable bonds is 17. The van der Waals surface area contributed by atoms with Gasteiger partial charge < -0.3 is 15.7 Å². The summed E-state index contributed by atoms with van der Waals surface area (Å²) in [5.74, 6) is 0. The van der Waals surface area contributed by atoms with Crippen LogP contribution in [0.3, 0.4) is 0 Å². The standard InChI is InChI=1S/C13H28.C9H20O.C2H6O.H2O/c1-3-5-7-9-11-13-12-10-8-6-4-2;1-2-3-4-5-6-7-8-9-10;1-2-3;/h3-13H2,1-2H3;10H,2-9H2,1H3;3H,2H2,1H3;1H2. The Morgan fingerprint density at radius 3 is 0.741 bits per heavy atom. The van der Waals surface area contributed by atoms with E-state index in [0.717, 1.165) is 6.42 Å². The molecule has 0 aromatic rings. The van der Waals surface area contributed by atoms with Crippen LogP contribution in [0.25, 0.3) is 0 Å². The highest BCUT2D eigenvalue weighted by Gasteiger charge is 1.91. The Bertz CT molecular complexity index is 168. The minimum Gasteiger partial charge on any atom is -0.412 e. The van der Waals surface area contributed by atoms with E-state index in [1.165, 1.54) is 109 Å². The lowest BCUT2D eigenvalue weighted by atomic mass is 10.1. The maximum atomic E-state index is 8.47. The molecule has 0 aliphatic rings. The van der Waals surface area contributed by atoms with E-state index in [1.807, 2.05) is 0 Å². The summed E-state index contributed by atoms with van der Waals surface area (Å²) in [4.78, 5) is 0. The van der Waals surface area contributed by atoms with Crippen LogP contribution in [0.2, 0.25) is 0 Å². The zero-order valence-electron chi connectivity index (χ0n) is 19.5. The highest BCUT2D eigenvalue weighted by atomic mass is 16.3. The molecule has 0 spiro atoms. The first kappa shape index (κ1) is 34.4. The number of hydrogen-bond acceptors (Lipinski definition) is 2. The molecule has 4 N–H and O–H groups in total. The largest absolute Gasteiger partial charge is 0.412 e. The third-order valence-electron chi connectivity index (χ3n) is 4.47. The van der Waals surface area contributed by atoms with Crippen LogP contribution in [0.5, 0.6) is 0 Å². The van der Waals surface area contributed by atoms with Gasteiger partial charge in [-0.15, -0.1) is 0 Å². The molecule has 0 aliphatic heterocycles. The Morgan fingerprint density at radius 2 is 0.556 bits per heavy atom. The summed E-state index contributed by atoms with van der Waals surface area (Å²) in [6.45, 7) is 9.09. The van der Waals surface area contributed by atoms with E-state index in [9.17, 15) is 0 Å². The molecule has 0 atom stereocenters. The SMILES string of the molecule is CCCCCCCCCCCCC.CCCCCCCCCO.CCO.O. The second-order valence-electron chi connectivity index (χ2n) is 7.34. The second-order valence-corrected chi connectivity index (χ2v) is 7.34. The Kier molecular flexibility index (Phi) is 51.6. The fourth-order valence-electron chi connectivity index (χ4n) is 2.81. The van der Waals surface area contributed by atoms with Crippen LogP contribution in [-0.2, 0) is 0 Å². The van der Waals surface area contributed by atoms with Crippen LogP contribution in [0.1, 0.15) is 143 Å². The summed E-state index contributed by atoms with van der Waals surface area (Å²) < 4.78 is 0. The summed E-state index contributed by atoms with van der Waals surface area (Å²) in [6, 6.07) is 0. The smallest absolute Gasteiger partial charge is 0.0431 e. The van der Waals surface area contributed by atoms with Gasteiger partial charge in [-0.25, -0.2) is 0 Å². The maximum absolute atomic E-state index is 8.47. The van der Waals surface area contributed by atoms with E-state index < -0.39 is 0 Å². The van der Waals surface area contributed by atoms with Crippen molar-refractivity contribution in [2.75, 3.05) is 13.2 Å². The van der Waals surface area contributed by atoms with Crippen molar-refractivity contribution in [1.29, 1.82) is 0 Å². The molecule has 0 radical (unpaired) electrons. The number of aliphatic hydroxyl groups excluding tert-OH is 2. The second kappa shape index (κ2) is 40.5. The quantitative estimate of drug-likeness (QED) is 0.256. The van der Waals surface area contributed by atoms with Crippen LogP contribution in [0.4, 0.5) is 0 Å². The monoisotopic (exact) mass is 392 g/mol. The molecule has 27 heavy (non-hydrogen) atoms. The molecule has 0 unspecified atom stereocenters. The maximum Gasteiger partial charge on any atom is 0.0431 e. The Labute approximate surface area is 172 Å². The van der Waals surface area contributed by atoms with Gasteiger partial charge in [0.2, 0.25) is 0 Å². The molecule has 3 nitrogen and oxygen atoms in total. The van der Waals surface area contributed by atoms with Crippen molar-refractivity contribution in [2.45, 2.75) is 143 Å². The van der Waals surface area contributed by atoms with E-state index >= 15 is 0 Å². The molecule has 0 amide bonds. The van der Waals surface area contributed by atoms with Crippen LogP contribution in [0, 0.1) is 0 Å². The fourth-order valence-corrected chi connectivity index (χ4v) is 2.81. The van der Waals surface area contributed by atoms with E-state index in [2.05, 4.69) is 20.8 Å². The van der Waals surface area contributed by atoms with Crippen LogP contribution >= 0.6 is 0 Å².